The number of unbranched alkanes of at least 4 members (excludes halogenated alkanes) is 30. The fourth-order valence-corrected chi connectivity index (χ4v) is 14.3. The second-order valence-corrected chi connectivity index (χ2v) is 31.3. The van der Waals surface area contributed by atoms with Crippen LogP contribution in [-0.2, 0) is 54.4 Å². The molecule has 0 spiro atoms. The normalized spacial score (nSPS) is 13.3. The third-order valence-electron chi connectivity index (χ3n) is 20.3. The van der Waals surface area contributed by atoms with Crippen LogP contribution in [0.4, 0.5) is 11.8 Å². The topological polar surface area (TPSA) is 478 Å². The summed E-state index contributed by atoms with van der Waals surface area (Å²) in [6, 6.07) is -1.23. The van der Waals surface area contributed by atoms with Gasteiger partial charge in [-0.2, -0.15) is 21.7 Å². The molecule has 3 rings (SSSR count). The number of nitrogens with one attached hydrogen (secondary N) is 7. The summed E-state index contributed by atoms with van der Waals surface area (Å²) in [6.45, 7) is 7.03. The summed E-state index contributed by atoms with van der Waals surface area (Å²) in [5, 5.41) is 37.0. The van der Waals surface area contributed by atoms with Gasteiger partial charge in [-0.3, -0.25) is 42.9 Å². The average molecular weight is 1610 g/mol. The highest BCUT2D eigenvalue weighted by molar-refractivity contribution is 7.99. The maximum atomic E-state index is 14.5. The van der Waals surface area contributed by atoms with Gasteiger partial charge in [0.2, 0.25) is 35.5 Å². The Bertz CT molecular complexity index is 3220. The molecule has 1 aromatic carbocycles. The van der Waals surface area contributed by atoms with Crippen LogP contribution in [0, 0.1) is 0 Å². The number of ether oxygens (including phenoxy) is 2. The fourth-order valence-electron chi connectivity index (χ4n) is 13.3. The van der Waals surface area contributed by atoms with E-state index >= 15 is 0 Å². The van der Waals surface area contributed by atoms with E-state index in [0.717, 1.165) is 56.9 Å². The van der Waals surface area contributed by atoms with Crippen molar-refractivity contribution < 1.29 is 62.8 Å². The summed E-state index contributed by atoms with van der Waals surface area (Å²) in [5.41, 5.74) is 31.3. The molecule has 19 N–H and O–H groups in total. The highest BCUT2D eigenvalue weighted by Gasteiger charge is 2.33. The molecule has 29 nitrogen and oxygen atoms in total. The van der Waals surface area contributed by atoms with E-state index in [2.05, 4.69) is 67.6 Å². The van der Waals surface area contributed by atoms with Crippen LogP contribution in [0.1, 0.15) is 319 Å². The summed E-state index contributed by atoms with van der Waals surface area (Å²) in [5.74, 6) is -5.80. The molecule has 0 radical (unpaired) electrons. The van der Waals surface area contributed by atoms with E-state index in [9.17, 15) is 58.2 Å². The Morgan fingerprint density at radius 3 is 1.36 bits per heavy atom. The Hall–Kier alpha value is -7.25. The number of imidazole rings is 1. The molecule has 2 heterocycles. The SMILES string of the molecule is CCCCCCCCCCCCCCCC(=O)OCC(CSC[C@H](N)C(=O)N[C@@H](CO)C(=O)N[C@@H](CCCCN)C(=O)N[C@@H](CCCCN)C(=O)N[C@@H](CCCCCC(=O)c1ccc(Cn2c(=O)[nH]c3c(N)nc(NCCCC)nc32)cc1)C(=O)N[C@@H](CCCCN)C(=O)O)OC(=O)CCCCCCCCCCCCCCC. The van der Waals surface area contributed by atoms with Crippen molar-refractivity contribution in [1.29, 1.82) is 0 Å². The zero-order chi connectivity index (χ0) is 82.6. The predicted octanol–water partition coefficient (Wildman–Crippen LogP) is 10.5. The van der Waals surface area contributed by atoms with Gasteiger partial charge in [0.1, 0.15) is 48.4 Å². The monoisotopic (exact) mass is 1610 g/mol. The van der Waals surface area contributed by atoms with E-state index in [1.807, 2.05) is 0 Å². The number of esters is 2. The van der Waals surface area contributed by atoms with Crippen molar-refractivity contribution in [2.24, 2.45) is 22.9 Å². The van der Waals surface area contributed by atoms with Crippen LogP contribution in [0.25, 0.3) is 11.2 Å². The molecule has 642 valence electrons. The van der Waals surface area contributed by atoms with Crippen molar-refractivity contribution >= 4 is 87.9 Å². The molecule has 0 aliphatic rings. The molecule has 0 bridgehead atoms. The van der Waals surface area contributed by atoms with E-state index in [1.54, 1.807) is 24.3 Å². The number of ketones is 1. The van der Waals surface area contributed by atoms with Crippen LogP contribution in [-0.4, -0.2) is 176 Å². The van der Waals surface area contributed by atoms with Gasteiger partial charge in [-0.1, -0.05) is 218 Å². The van der Waals surface area contributed by atoms with E-state index in [1.165, 1.54) is 132 Å². The molecule has 0 fully saturated rings. The number of benzene rings is 1. The Labute approximate surface area is 676 Å². The lowest BCUT2D eigenvalue weighted by Crippen LogP contribution is -2.59. The summed E-state index contributed by atoms with van der Waals surface area (Å²) < 4.78 is 13.0. The van der Waals surface area contributed by atoms with Crippen molar-refractivity contribution in [3.8, 4) is 0 Å². The number of aromatic amines is 1. The number of nitrogens with zero attached hydrogens (tertiary/aromatic N) is 3. The number of nitrogens with two attached hydrogens (primary N) is 5. The van der Waals surface area contributed by atoms with Gasteiger partial charge in [0, 0.05) is 42.9 Å². The molecule has 0 saturated heterocycles. The van der Waals surface area contributed by atoms with Crippen LogP contribution in [0.15, 0.2) is 29.1 Å². The second kappa shape index (κ2) is 63.0. The van der Waals surface area contributed by atoms with Gasteiger partial charge >= 0.3 is 23.6 Å². The number of carbonyl (C=O) groups is 9. The number of carbonyl (C=O) groups excluding carboxylic acids is 8. The third-order valence-corrected chi connectivity index (χ3v) is 21.5. The number of aliphatic hydroxyl groups is 1. The lowest BCUT2D eigenvalue weighted by Gasteiger charge is -2.27. The average Bonchev–Trinajstić information content (AvgIpc) is 1.64. The van der Waals surface area contributed by atoms with Crippen molar-refractivity contribution in [2.45, 2.75) is 352 Å². The quantitative estimate of drug-likeness (QED) is 0.0142. The molecular formula is C83H145N15O14S. The van der Waals surface area contributed by atoms with Gasteiger partial charge in [0.05, 0.1) is 19.2 Å². The third kappa shape index (κ3) is 44.4. The van der Waals surface area contributed by atoms with Crippen molar-refractivity contribution in [2.75, 3.05) is 61.9 Å². The molecular weight excluding hydrogens is 1460 g/mol. The van der Waals surface area contributed by atoms with Gasteiger partial charge in [-0.15, -0.1) is 0 Å². The number of carboxylic acid groups (broad SMARTS) is 1. The van der Waals surface area contributed by atoms with Crippen molar-refractivity contribution in [1.82, 2.24) is 46.1 Å². The summed E-state index contributed by atoms with van der Waals surface area (Å²) >= 11 is 1.19. The molecule has 5 amide bonds. The van der Waals surface area contributed by atoms with E-state index in [-0.39, 0.29) is 100 Å². The number of aromatic nitrogens is 4. The molecule has 113 heavy (non-hydrogen) atoms. The van der Waals surface area contributed by atoms with E-state index < -0.39 is 96.1 Å². The Morgan fingerprint density at radius 2 is 0.903 bits per heavy atom. The van der Waals surface area contributed by atoms with Crippen LogP contribution in [0.3, 0.4) is 0 Å². The molecule has 0 aliphatic heterocycles. The lowest BCUT2D eigenvalue weighted by atomic mass is 10.0. The number of amides is 5. The molecule has 2 aromatic heterocycles. The number of Topliss-reactive ketones (excluding diaryl/α,β-unsaturated/α-hetero) is 1. The van der Waals surface area contributed by atoms with Crippen LogP contribution in [0.5, 0.6) is 0 Å². The van der Waals surface area contributed by atoms with Gasteiger partial charge in [-0.25, -0.2) is 9.59 Å². The largest absolute Gasteiger partial charge is 0.480 e. The number of thioether (sulfide) groups is 1. The van der Waals surface area contributed by atoms with E-state index in [4.69, 9.17) is 38.1 Å². The number of fused-ring (bicyclic) bond motifs is 1. The molecule has 1 unspecified atom stereocenters. The first-order valence-corrected chi connectivity index (χ1v) is 44.2. The molecule has 7 atom stereocenters. The van der Waals surface area contributed by atoms with Crippen LogP contribution >= 0.6 is 11.8 Å². The summed E-state index contributed by atoms with van der Waals surface area (Å²) in [7, 11) is 0. The first-order chi connectivity index (χ1) is 54.7. The van der Waals surface area contributed by atoms with Gasteiger partial charge in [0.15, 0.2) is 17.2 Å². The number of H-pyrrole nitrogens is 1. The molecule has 0 aliphatic carbocycles. The molecule has 30 heteroatoms. The maximum absolute atomic E-state index is 14.5. The van der Waals surface area contributed by atoms with Crippen molar-refractivity contribution in [3.05, 3.63) is 45.9 Å². The van der Waals surface area contributed by atoms with Gasteiger partial charge in [-0.05, 0) is 115 Å². The number of hydrogen-bond donors (Lipinski definition) is 14. The Morgan fingerprint density at radius 1 is 0.496 bits per heavy atom. The predicted molar refractivity (Wildman–Crippen MR) is 449 cm³/mol. The number of aliphatic carboxylic acids is 1. The number of rotatable bonds is 72. The zero-order valence-electron chi connectivity index (χ0n) is 68.8. The zero-order valence-corrected chi connectivity index (χ0v) is 69.6. The van der Waals surface area contributed by atoms with Crippen LogP contribution in [0.2, 0.25) is 0 Å². The minimum absolute atomic E-state index is 0.0137. The minimum atomic E-state index is -1.59. The fraction of sp³-hybridized carbons (Fsp3) is 0.759. The first-order valence-electron chi connectivity index (χ1n) is 43.0. The Kier molecular flexibility index (Phi) is 55.7. The van der Waals surface area contributed by atoms with Gasteiger partial charge in [0.25, 0.3) is 0 Å². The second-order valence-electron chi connectivity index (χ2n) is 30.3. The number of hydrogen-bond acceptors (Lipinski definition) is 22. The standard InChI is InChI=1S/C83H145N15O14S/c1-4-7-10-12-14-16-18-20-22-24-26-28-33-46-71(101)111-58-63(112-72(102)47-34-29-27-25-23-21-19-17-15-13-11-8-5-2)59-113-60-64(87)76(103)94-69(57-99)80(107)92-67(43-36-39-53-85)78(105)91-66(42-35-38-52-84)77(104)90-65(79(106)93-68(81(108)109)44-37-40-54-86)41-31-30-32-45-70(100)62-50-48-61(49-51-62)56-98-75-73(95-83(98)110)74(88)96-82(97-75)89-55-9-6-3/h48-51,63-69,99H,4-47,52-60,84-87H2,1-3H3,(H,90,104)(H,91,105)(H,92,107)(H,93,106)(H,94,103)(H,95,110)(H,108,109)(H3,88,89,96,97)/t63?,64-,65-,66-,67-,68-,69-/m0/s1. The Balaban J connectivity index is 1.67. The summed E-state index contributed by atoms with van der Waals surface area (Å²) in [4.78, 5) is 148. The van der Waals surface area contributed by atoms with Crippen molar-refractivity contribution in [3.63, 3.8) is 0 Å². The van der Waals surface area contributed by atoms with Crippen LogP contribution < -0.4 is 66.3 Å². The molecule has 0 saturated carbocycles. The minimum Gasteiger partial charge on any atom is -0.480 e. The summed E-state index contributed by atoms with van der Waals surface area (Å²) in [6.07, 6.45) is 35.7. The number of nitrogen functional groups attached to an aromatic ring is 1. The van der Waals surface area contributed by atoms with E-state index in [0.29, 0.717) is 106 Å². The smallest absolute Gasteiger partial charge is 0.328 e. The maximum Gasteiger partial charge on any atom is 0.328 e. The van der Waals surface area contributed by atoms with Gasteiger partial charge < -0.3 is 85.2 Å². The highest BCUT2D eigenvalue weighted by Crippen LogP contribution is 2.22. The number of anilines is 2. The lowest BCUT2D eigenvalue weighted by molar-refractivity contribution is -0.157. The highest BCUT2D eigenvalue weighted by atomic mass is 32.2. The number of carboxylic acids is 1. The molecule has 3 aromatic rings. The first kappa shape index (κ1) is 99.9. The number of aliphatic hydroxyl groups excluding tert-OH is 1.